The minimum atomic E-state index is 0.486. The predicted molar refractivity (Wildman–Crippen MR) is 75.1 cm³/mol. The molecule has 0 heterocycles. The van der Waals surface area contributed by atoms with E-state index in [1.807, 2.05) is 24.3 Å². The van der Waals surface area contributed by atoms with Gasteiger partial charge in [-0.15, -0.1) is 0 Å². The normalized spacial score (nSPS) is 10.4. The van der Waals surface area contributed by atoms with Crippen LogP contribution in [0.3, 0.4) is 0 Å². The molecular weight excluding hydrogens is 222 g/mol. The van der Waals surface area contributed by atoms with E-state index in [0.717, 1.165) is 17.1 Å². The molecule has 0 aliphatic carbocycles. The van der Waals surface area contributed by atoms with E-state index < -0.39 is 0 Å². The Morgan fingerprint density at radius 1 is 1.00 bits per heavy atom. The molecule has 0 aliphatic heterocycles. The average molecular weight is 241 g/mol. The molecule has 0 fully saturated rings. The number of benzene rings is 2. The lowest BCUT2D eigenvalue weighted by molar-refractivity contribution is 0.472. The standard InChI is InChI=1S/C16H19NO/c1-11-8-12(2)13(3)16(9-11)18-15-7-5-4-6-14(15)10-17/h4-9H,10,17H2,1-3H3. The van der Waals surface area contributed by atoms with Crippen LogP contribution in [0.25, 0.3) is 0 Å². The number of hydrogen-bond acceptors (Lipinski definition) is 2. The summed E-state index contributed by atoms with van der Waals surface area (Å²) in [6.45, 7) is 6.74. The Balaban J connectivity index is 2.40. The molecule has 0 saturated heterocycles. The fourth-order valence-corrected chi connectivity index (χ4v) is 2.00. The number of para-hydroxylation sites is 1. The maximum atomic E-state index is 6.01. The van der Waals surface area contributed by atoms with Gasteiger partial charge in [0, 0.05) is 12.1 Å². The van der Waals surface area contributed by atoms with Gasteiger partial charge in [0.1, 0.15) is 11.5 Å². The van der Waals surface area contributed by atoms with Gasteiger partial charge < -0.3 is 10.5 Å². The Hall–Kier alpha value is -1.80. The molecule has 0 aromatic heterocycles. The lowest BCUT2D eigenvalue weighted by Crippen LogP contribution is -2.00. The summed E-state index contributed by atoms with van der Waals surface area (Å²) in [5, 5.41) is 0. The van der Waals surface area contributed by atoms with E-state index in [2.05, 4.69) is 32.9 Å². The highest BCUT2D eigenvalue weighted by atomic mass is 16.5. The van der Waals surface area contributed by atoms with Crippen LogP contribution in [0.2, 0.25) is 0 Å². The van der Waals surface area contributed by atoms with E-state index in [4.69, 9.17) is 10.5 Å². The van der Waals surface area contributed by atoms with Gasteiger partial charge in [0.15, 0.2) is 0 Å². The predicted octanol–water partition coefficient (Wildman–Crippen LogP) is 3.86. The molecule has 2 N–H and O–H groups in total. The van der Waals surface area contributed by atoms with Crippen molar-refractivity contribution in [2.45, 2.75) is 27.3 Å². The number of rotatable bonds is 3. The quantitative estimate of drug-likeness (QED) is 0.885. The van der Waals surface area contributed by atoms with Gasteiger partial charge in [-0.2, -0.15) is 0 Å². The van der Waals surface area contributed by atoms with E-state index in [1.54, 1.807) is 0 Å². The summed E-state index contributed by atoms with van der Waals surface area (Å²) in [4.78, 5) is 0. The molecule has 2 heteroatoms. The first-order chi connectivity index (χ1) is 8.61. The smallest absolute Gasteiger partial charge is 0.131 e. The molecule has 0 aliphatic rings. The molecule has 0 amide bonds. The molecule has 0 saturated carbocycles. The van der Waals surface area contributed by atoms with Gasteiger partial charge in [0.05, 0.1) is 0 Å². The second-order valence-electron chi connectivity index (χ2n) is 4.62. The van der Waals surface area contributed by atoms with E-state index in [1.165, 1.54) is 16.7 Å². The van der Waals surface area contributed by atoms with Crippen molar-refractivity contribution in [3.8, 4) is 11.5 Å². The Labute approximate surface area is 108 Å². The molecule has 0 bridgehead atoms. The van der Waals surface area contributed by atoms with Crippen molar-refractivity contribution >= 4 is 0 Å². The summed E-state index contributed by atoms with van der Waals surface area (Å²) in [6.07, 6.45) is 0. The van der Waals surface area contributed by atoms with Crippen molar-refractivity contribution in [2.24, 2.45) is 5.73 Å². The average Bonchev–Trinajstić information content (AvgIpc) is 2.36. The van der Waals surface area contributed by atoms with Crippen LogP contribution in [0, 0.1) is 20.8 Å². The lowest BCUT2D eigenvalue weighted by atomic mass is 10.1. The van der Waals surface area contributed by atoms with Gasteiger partial charge in [0.25, 0.3) is 0 Å². The van der Waals surface area contributed by atoms with Crippen LogP contribution < -0.4 is 10.5 Å². The van der Waals surface area contributed by atoms with Gasteiger partial charge >= 0.3 is 0 Å². The van der Waals surface area contributed by atoms with E-state index in [0.29, 0.717) is 6.54 Å². The lowest BCUT2D eigenvalue weighted by Gasteiger charge is -2.14. The molecule has 2 rings (SSSR count). The summed E-state index contributed by atoms with van der Waals surface area (Å²) in [7, 11) is 0. The highest BCUT2D eigenvalue weighted by molar-refractivity contribution is 5.45. The van der Waals surface area contributed by atoms with Crippen LogP contribution in [0.4, 0.5) is 0 Å². The van der Waals surface area contributed by atoms with Gasteiger partial charge in [-0.25, -0.2) is 0 Å². The largest absolute Gasteiger partial charge is 0.457 e. The third kappa shape index (κ3) is 2.54. The number of ether oxygens (including phenoxy) is 1. The summed E-state index contributed by atoms with van der Waals surface area (Å²) < 4.78 is 6.01. The maximum Gasteiger partial charge on any atom is 0.131 e. The first-order valence-corrected chi connectivity index (χ1v) is 6.15. The van der Waals surface area contributed by atoms with Crippen molar-refractivity contribution in [2.75, 3.05) is 0 Å². The Kier molecular flexibility index (Phi) is 3.68. The minimum Gasteiger partial charge on any atom is -0.457 e. The molecule has 0 atom stereocenters. The maximum absolute atomic E-state index is 6.01. The molecule has 2 nitrogen and oxygen atoms in total. The molecular formula is C16H19NO. The van der Waals surface area contributed by atoms with Crippen LogP contribution in [0.5, 0.6) is 11.5 Å². The van der Waals surface area contributed by atoms with Crippen LogP contribution >= 0.6 is 0 Å². The Bertz CT molecular complexity index is 561. The van der Waals surface area contributed by atoms with Gasteiger partial charge in [-0.3, -0.25) is 0 Å². The summed E-state index contributed by atoms with van der Waals surface area (Å²) >= 11 is 0. The van der Waals surface area contributed by atoms with Crippen molar-refractivity contribution < 1.29 is 4.74 Å². The fourth-order valence-electron chi connectivity index (χ4n) is 2.00. The van der Waals surface area contributed by atoms with Crippen molar-refractivity contribution in [3.05, 3.63) is 58.7 Å². The second-order valence-corrected chi connectivity index (χ2v) is 4.62. The number of nitrogens with two attached hydrogens (primary N) is 1. The van der Waals surface area contributed by atoms with Crippen LogP contribution in [0.15, 0.2) is 36.4 Å². The summed E-state index contributed by atoms with van der Waals surface area (Å²) in [5.41, 5.74) is 10.4. The first kappa shape index (κ1) is 12.7. The fraction of sp³-hybridized carbons (Fsp3) is 0.250. The third-order valence-corrected chi connectivity index (χ3v) is 3.18. The van der Waals surface area contributed by atoms with Crippen molar-refractivity contribution in [3.63, 3.8) is 0 Å². The molecule has 18 heavy (non-hydrogen) atoms. The molecule has 94 valence electrons. The molecule has 0 unspecified atom stereocenters. The summed E-state index contributed by atoms with van der Waals surface area (Å²) in [5.74, 6) is 1.75. The van der Waals surface area contributed by atoms with Gasteiger partial charge in [0.2, 0.25) is 0 Å². The third-order valence-electron chi connectivity index (χ3n) is 3.18. The molecule has 0 spiro atoms. The van der Waals surface area contributed by atoms with Gasteiger partial charge in [-0.05, 0) is 49.6 Å². The second kappa shape index (κ2) is 5.23. The SMILES string of the molecule is Cc1cc(C)c(C)c(Oc2ccccc2CN)c1. The monoisotopic (exact) mass is 241 g/mol. The van der Waals surface area contributed by atoms with E-state index in [9.17, 15) is 0 Å². The topological polar surface area (TPSA) is 35.2 Å². The Morgan fingerprint density at radius 2 is 1.72 bits per heavy atom. The minimum absolute atomic E-state index is 0.486. The van der Waals surface area contributed by atoms with Crippen LogP contribution in [0.1, 0.15) is 22.3 Å². The zero-order valence-electron chi connectivity index (χ0n) is 11.2. The number of aryl methyl sites for hydroxylation is 2. The molecule has 2 aromatic rings. The van der Waals surface area contributed by atoms with Crippen LogP contribution in [-0.2, 0) is 6.54 Å². The first-order valence-electron chi connectivity index (χ1n) is 6.15. The van der Waals surface area contributed by atoms with Crippen LogP contribution in [-0.4, -0.2) is 0 Å². The molecule has 2 aromatic carbocycles. The summed E-state index contributed by atoms with van der Waals surface area (Å²) in [6, 6.07) is 12.1. The number of hydrogen-bond donors (Lipinski definition) is 1. The van der Waals surface area contributed by atoms with Crippen molar-refractivity contribution in [1.82, 2.24) is 0 Å². The zero-order valence-corrected chi connectivity index (χ0v) is 11.2. The zero-order chi connectivity index (χ0) is 13.1. The van der Waals surface area contributed by atoms with E-state index in [-0.39, 0.29) is 0 Å². The van der Waals surface area contributed by atoms with E-state index >= 15 is 0 Å². The van der Waals surface area contributed by atoms with Gasteiger partial charge in [-0.1, -0.05) is 24.3 Å². The Morgan fingerprint density at radius 3 is 2.44 bits per heavy atom. The molecule has 0 radical (unpaired) electrons. The highest BCUT2D eigenvalue weighted by Crippen LogP contribution is 2.30. The highest BCUT2D eigenvalue weighted by Gasteiger charge is 2.07. The van der Waals surface area contributed by atoms with Crippen molar-refractivity contribution in [1.29, 1.82) is 0 Å².